The van der Waals surface area contributed by atoms with Crippen molar-refractivity contribution in [3.05, 3.63) is 64.6 Å². The van der Waals surface area contributed by atoms with Crippen molar-refractivity contribution in [2.24, 2.45) is 5.92 Å². The Balaban J connectivity index is 1.30. The predicted octanol–water partition coefficient (Wildman–Crippen LogP) is 4.97. The van der Waals surface area contributed by atoms with Crippen LogP contribution >= 0.6 is 11.6 Å². The molecule has 2 N–H and O–H groups in total. The summed E-state index contributed by atoms with van der Waals surface area (Å²) in [6.45, 7) is 2.08. The highest BCUT2D eigenvalue weighted by Gasteiger charge is 2.53. The summed E-state index contributed by atoms with van der Waals surface area (Å²) >= 11 is 6.60. The van der Waals surface area contributed by atoms with Crippen LogP contribution in [0.15, 0.2) is 47.1 Å². The molecule has 3 aliphatic rings. The van der Waals surface area contributed by atoms with E-state index in [1.807, 2.05) is 9.80 Å². The van der Waals surface area contributed by atoms with Gasteiger partial charge in [0.1, 0.15) is 17.7 Å². The lowest BCUT2D eigenvalue weighted by Gasteiger charge is -2.49. The Kier molecular flexibility index (Phi) is 11.0. The lowest BCUT2D eigenvalue weighted by atomic mass is 9.87. The van der Waals surface area contributed by atoms with Crippen molar-refractivity contribution in [1.29, 1.82) is 0 Å². The number of sulfonamides is 1. The van der Waals surface area contributed by atoms with E-state index in [4.69, 9.17) is 20.8 Å². The minimum absolute atomic E-state index is 0.0149. The van der Waals surface area contributed by atoms with Gasteiger partial charge in [-0.15, -0.1) is 0 Å². The number of amides is 1. The summed E-state index contributed by atoms with van der Waals surface area (Å²) in [6.07, 6.45) is 5.40. The molecule has 2 saturated heterocycles. The topological polar surface area (TPSA) is 150 Å². The third kappa shape index (κ3) is 7.60. The van der Waals surface area contributed by atoms with Crippen LogP contribution in [0, 0.1) is 11.7 Å². The van der Waals surface area contributed by atoms with E-state index in [9.17, 15) is 27.9 Å². The van der Waals surface area contributed by atoms with Crippen molar-refractivity contribution < 1.29 is 41.5 Å². The Hall–Kier alpha value is -3.40. The summed E-state index contributed by atoms with van der Waals surface area (Å²) in [7, 11) is -3.48. The van der Waals surface area contributed by atoms with E-state index in [2.05, 4.69) is 5.32 Å². The summed E-state index contributed by atoms with van der Waals surface area (Å²) in [5, 5.41) is 12.8. The number of hydrogen-bond donors (Lipinski definition) is 2. The van der Waals surface area contributed by atoms with Crippen molar-refractivity contribution >= 4 is 55.9 Å². The summed E-state index contributed by atoms with van der Waals surface area (Å²) in [5.41, 5.74) is 0.825. The van der Waals surface area contributed by atoms with Crippen LogP contribution in [0.2, 0.25) is 5.02 Å². The number of carboxylic acid groups (broad SMARTS) is 1. The summed E-state index contributed by atoms with van der Waals surface area (Å²) in [5.74, 6) is -4.70. The van der Waals surface area contributed by atoms with Gasteiger partial charge in [-0.3, -0.25) is 24.2 Å². The molecule has 1 unspecified atom stereocenters. The molecule has 2 aromatic carbocycles. The van der Waals surface area contributed by atoms with E-state index < -0.39 is 51.4 Å². The van der Waals surface area contributed by atoms with Crippen LogP contribution < -0.4 is 5.32 Å². The zero-order chi connectivity index (χ0) is 35.6. The van der Waals surface area contributed by atoms with Gasteiger partial charge < -0.3 is 19.6 Å². The van der Waals surface area contributed by atoms with E-state index in [0.29, 0.717) is 62.7 Å². The number of fused-ring (bicyclic) bond motifs is 1. The Morgan fingerprint density at radius 3 is 2.38 bits per heavy atom. The Morgan fingerprint density at radius 1 is 1.00 bits per heavy atom. The molecule has 6 rings (SSSR count). The second kappa shape index (κ2) is 15.1. The number of carbonyl (C=O) groups is 3. The molecule has 0 bridgehead atoms. The molecular formula is C35H42ClFN4O8S. The van der Waals surface area contributed by atoms with E-state index in [1.165, 1.54) is 16.6 Å². The normalized spacial score (nSPS) is 22.6. The number of halogens is 2. The molecule has 3 aromatic rings. The van der Waals surface area contributed by atoms with Gasteiger partial charge in [0.05, 0.1) is 34.6 Å². The molecule has 50 heavy (non-hydrogen) atoms. The number of benzene rings is 2. The van der Waals surface area contributed by atoms with Crippen LogP contribution in [-0.4, -0.2) is 103 Å². The lowest BCUT2D eigenvalue weighted by Crippen LogP contribution is -2.68. The zero-order valence-electron chi connectivity index (χ0n) is 27.9. The maximum absolute atomic E-state index is 15.9. The monoisotopic (exact) mass is 732 g/mol. The van der Waals surface area contributed by atoms with E-state index in [-0.39, 0.29) is 47.9 Å². The number of likely N-dealkylation sites (tertiary alicyclic amines) is 1. The van der Waals surface area contributed by atoms with Crippen LogP contribution in [0.4, 0.5) is 10.1 Å². The number of para-hydroxylation sites is 1. The quantitative estimate of drug-likeness (QED) is 0.277. The standard InChI is InChI=1S/C35H42ClFN4O8S/c1-50(46,47)41-16-6-15-40(17-18-41)35(39-13-4-5-14-39,49-25-11-9-23(10-12-25)34(44)45)32(42)20-24-19-28(36)30(21-29(24)37)38-33(43)27-22-48-31-8-3-2-7-26(27)31/h2-3,7-8,19,21-23,25H,4-6,9-18,20H2,1H3,(H,38,43)(H,44,45)/t23-,25-,35?. The molecule has 12 nitrogen and oxygen atoms in total. The fourth-order valence-corrected chi connectivity index (χ4v) is 8.53. The van der Waals surface area contributed by atoms with Gasteiger partial charge in [0, 0.05) is 51.1 Å². The summed E-state index contributed by atoms with van der Waals surface area (Å²) in [6, 6.07) is 9.44. The van der Waals surface area contributed by atoms with Crippen molar-refractivity contribution in [2.45, 2.75) is 63.3 Å². The molecule has 1 aromatic heterocycles. The maximum atomic E-state index is 15.9. The van der Waals surface area contributed by atoms with Gasteiger partial charge in [0.2, 0.25) is 15.9 Å². The minimum Gasteiger partial charge on any atom is -0.481 e. The molecule has 0 spiro atoms. The number of rotatable bonds is 11. The highest BCUT2D eigenvalue weighted by atomic mass is 35.5. The predicted molar refractivity (Wildman–Crippen MR) is 185 cm³/mol. The SMILES string of the molecule is CS(=O)(=O)N1CCCN(C(O[C@H]2CC[C@H](C(=O)O)CC2)(C(=O)Cc2cc(Cl)c(NC(=O)c3coc4ccccc34)cc2F)N2CCCC2)CC1. The number of anilines is 1. The molecule has 0 radical (unpaired) electrons. The molecule has 1 aliphatic carbocycles. The Morgan fingerprint density at radius 2 is 1.68 bits per heavy atom. The Labute approximate surface area is 295 Å². The van der Waals surface area contributed by atoms with Crippen LogP contribution in [0.5, 0.6) is 0 Å². The summed E-state index contributed by atoms with van der Waals surface area (Å²) in [4.78, 5) is 43.5. The van der Waals surface area contributed by atoms with Crippen LogP contribution in [0.1, 0.15) is 60.9 Å². The average molecular weight is 733 g/mol. The fourth-order valence-electron chi connectivity index (χ4n) is 7.43. The molecule has 3 heterocycles. The number of ketones is 1. The first-order chi connectivity index (χ1) is 23.9. The van der Waals surface area contributed by atoms with Crippen LogP contribution in [0.3, 0.4) is 0 Å². The minimum atomic E-state index is -3.48. The summed E-state index contributed by atoms with van der Waals surface area (Å²) < 4.78 is 54.6. The van der Waals surface area contributed by atoms with Crippen molar-refractivity contribution in [3.63, 3.8) is 0 Å². The van der Waals surface area contributed by atoms with Gasteiger partial charge in [0.25, 0.3) is 5.91 Å². The highest BCUT2D eigenvalue weighted by Crippen LogP contribution is 2.37. The van der Waals surface area contributed by atoms with Gasteiger partial charge in [-0.05, 0) is 68.7 Å². The van der Waals surface area contributed by atoms with Crippen LogP contribution in [-0.2, 0) is 30.8 Å². The second-order valence-electron chi connectivity index (χ2n) is 13.4. The first-order valence-corrected chi connectivity index (χ1v) is 19.2. The third-order valence-corrected chi connectivity index (χ3v) is 11.7. The molecule has 1 amide bonds. The number of Topliss-reactive ketones (excluding diaryl/α,β-unsaturated/α-hetero) is 1. The highest BCUT2D eigenvalue weighted by molar-refractivity contribution is 7.88. The molecule has 1 saturated carbocycles. The number of furan rings is 1. The van der Waals surface area contributed by atoms with Gasteiger partial charge >= 0.3 is 5.97 Å². The zero-order valence-corrected chi connectivity index (χ0v) is 29.5. The van der Waals surface area contributed by atoms with Gasteiger partial charge in [-0.25, -0.2) is 17.1 Å². The molecular weight excluding hydrogens is 691 g/mol. The molecule has 270 valence electrons. The number of aliphatic carboxylic acids is 1. The number of nitrogens with zero attached hydrogens (tertiary/aromatic N) is 3. The molecule has 15 heteroatoms. The molecule has 2 aliphatic heterocycles. The van der Waals surface area contributed by atoms with Crippen molar-refractivity contribution in [2.75, 3.05) is 50.8 Å². The Bertz CT molecular complexity index is 1860. The smallest absolute Gasteiger partial charge is 0.306 e. The fraction of sp³-hybridized carbons (Fsp3) is 0.514. The first-order valence-electron chi connectivity index (χ1n) is 17.0. The van der Waals surface area contributed by atoms with Gasteiger partial charge in [-0.1, -0.05) is 29.8 Å². The second-order valence-corrected chi connectivity index (χ2v) is 15.7. The largest absolute Gasteiger partial charge is 0.481 e. The first kappa shape index (κ1) is 36.4. The average Bonchev–Trinajstić information content (AvgIpc) is 3.71. The maximum Gasteiger partial charge on any atom is 0.306 e. The molecule has 1 atom stereocenters. The van der Waals surface area contributed by atoms with Gasteiger partial charge in [0.15, 0.2) is 5.78 Å². The van der Waals surface area contributed by atoms with E-state index in [1.54, 1.807) is 24.3 Å². The number of nitrogens with one attached hydrogen (secondary N) is 1. The number of ether oxygens (including phenoxy) is 1. The third-order valence-electron chi connectivity index (χ3n) is 10.1. The van der Waals surface area contributed by atoms with Crippen molar-refractivity contribution in [1.82, 2.24) is 14.1 Å². The van der Waals surface area contributed by atoms with Crippen molar-refractivity contribution in [3.8, 4) is 0 Å². The van der Waals surface area contributed by atoms with E-state index in [0.717, 1.165) is 25.2 Å². The molecule has 3 fully saturated rings. The van der Waals surface area contributed by atoms with Crippen LogP contribution in [0.25, 0.3) is 11.0 Å². The van der Waals surface area contributed by atoms with Gasteiger partial charge in [-0.2, -0.15) is 0 Å². The number of carboxylic acids is 1. The lowest BCUT2D eigenvalue weighted by molar-refractivity contribution is -0.255. The number of carbonyl (C=O) groups excluding carboxylic acids is 2. The number of hydrogen-bond acceptors (Lipinski definition) is 9. The van der Waals surface area contributed by atoms with E-state index >= 15 is 4.39 Å².